The van der Waals surface area contributed by atoms with Crippen molar-refractivity contribution in [3.63, 3.8) is 0 Å². The lowest BCUT2D eigenvalue weighted by molar-refractivity contribution is -0.154. The number of ether oxygens (including phenoxy) is 1. The minimum absolute atomic E-state index is 0.0702. The summed E-state index contributed by atoms with van der Waals surface area (Å²) in [6.45, 7) is 11.5. The van der Waals surface area contributed by atoms with Crippen molar-refractivity contribution < 1.29 is 24.2 Å². The highest BCUT2D eigenvalue weighted by atomic mass is 79.9. The lowest BCUT2D eigenvalue weighted by Gasteiger charge is -2.40. The monoisotopic (exact) mass is 652 g/mol. The first-order chi connectivity index (χ1) is 19.2. The second kappa shape index (κ2) is 13.0. The van der Waals surface area contributed by atoms with Crippen LogP contribution < -0.4 is 4.90 Å². The van der Waals surface area contributed by atoms with Crippen molar-refractivity contribution in [1.82, 2.24) is 4.90 Å². The van der Waals surface area contributed by atoms with Crippen molar-refractivity contribution in [3.8, 4) is 0 Å². The molecule has 0 radical (unpaired) electrons. The van der Waals surface area contributed by atoms with Crippen molar-refractivity contribution in [2.24, 2.45) is 11.8 Å². The molecule has 10 heteroatoms. The Morgan fingerprint density at radius 2 is 2.10 bits per heavy atom. The van der Waals surface area contributed by atoms with E-state index in [1.54, 1.807) is 33.7 Å². The number of nitrogens with zero attached hydrogens (tertiary/aromatic N) is 2. The van der Waals surface area contributed by atoms with E-state index in [-0.39, 0.29) is 41.6 Å². The maximum atomic E-state index is 14.7. The van der Waals surface area contributed by atoms with E-state index in [1.807, 2.05) is 32.1 Å². The molecule has 7 atom stereocenters. The van der Waals surface area contributed by atoms with Crippen molar-refractivity contribution in [3.05, 3.63) is 54.1 Å². The Balaban J connectivity index is 1.76. The Bertz CT molecular complexity index is 1140. The first kappa shape index (κ1) is 31.1. The number of carbonyl (C=O) groups is 3. The van der Waals surface area contributed by atoms with Gasteiger partial charge in [-0.3, -0.25) is 14.4 Å². The maximum Gasteiger partial charge on any atom is 0.310 e. The lowest BCUT2D eigenvalue weighted by atomic mass is 9.71. The first-order valence-electron chi connectivity index (χ1n) is 13.9. The van der Waals surface area contributed by atoms with Crippen LogP contribution in [0.3, 0.4) is 0 Å². The van der Waals surface area contributed by atoms with Crippen LogP contribution in [0.25, 0.3) is 0 Å². The molecule has 2 bridgehead atoms. The number of aliphatic hydroxyl groups excluding tert-OH is 1. The van der Waals surface area contributed by atoms with Gasteiger partial charge in [-0.05, 0) is 50.7 Å². The van der Waals surface area contributed by atoms with Crippen LogP contribution in [-0.2, 0) is 19.1 Å². The minimum atomic E-state index is -0.891. The van der Waals surface area contributed by atoms with E-state index < -0.39 is 34.6 Å². The number of anilines is 1. The van der Waals surface area contributed by atoms with Gasteiger partial charge in [-0.15, -0.1) is 24.9 Å². The number of allylic oxidation sites excluding steroid dienone is 1. The van der Waals surface area contributed by atoms with Crippen LogP contribution in [-0.4, -0.2) is 74.5 Å². The van der Waals surface area contributed by atoms with Crippen LogP contribution in [0.5, 0.6) is 0 Å². The van der Waals surface area contributed by atoms with E-state index in [4.69, 9.17) is 16.3 Å². The van der Waals surface area contributed by atoms with E-state index in [0.717, 1.165) is 18.4 Å². The number of halogens is 2. The number of carbonyl (C=O) groups excluding carboxylic acids is 3. The van der Waals surface area contributed by atoms with Gasteiger partial charge in [-0.2, -0.15) is 0 Å². The summed E-state index contributed by atoms with van der Waals surface area (Å²) in [7, 11) is 0. The number of aliphatic hydroxyl groups is 1. The molecular formula is C30H38BrClN2O5S. The average molecular weight is 654 g/mol. The number of fused-ring (bicyclic) bond motifs is 1. The molecule has 0 aromatic heterocycles. The summed E-state index contributed by atoms with van der Waals surface area (Å²) >= 11 is 12.0. The summed E-state index contributed by atoms with van der Waals surface area (Å²) in [5.41, 5.74) is 1.39. The molecule has 0 aliphatic carbocycles. The number of benzene rings is 1. The van der Waals surface area contributed by atoms with Crippen LogP contribution >= 0.6 is 39.3 Å². The Morgan fingerprint density at radius 3 is 2.73 bits per heavy atom. The van der Waals surface area contributed by atoms with Gasteiger partial charge in [-0.25, -0.2) is 0 Å². The van der Waals surface area contributed by atoms with Crippen LogP contribution in [0.4, 0.5) is 5.69 Å². The Morgan fingerprint density at radius 1 is 1.35 bits per heavy atom. The number of esters is 1. The van der Waals surface area contributed by atoms with Gasteiger partial charge in [0.25, 0.3) is 5.91 Å². The number of para-hydroxylation sites is 1. The molecule has 3 fully saturated rings. The fourth-order valence-electron chi connectivity index (χ4n) is 6.62. The molecule has 2 amide bonds. The Hall–Kier alpha value is -1.81. The molecule has 7 nitrogen and oxygen atoms in total. The van der Waals surface area contributed by atoms with Crippen molar-refractivity contribution >= 4 is 62.8 Å². The molecule has 1 aromatic rings. The third-order valence-corrected chi connectivity index (χ3v) is 11.9. The standard InChI is InChI=1S/C30H38BrClN2O5S/c1-5-8-9-10-15-39-29(38)22-23-27(36)34(19(7-3)17-35)26(30(23)16-20(31)25(22)40-30)28(37)33(14-6-2)24-18(4)12-11-13-21(24)32/h5-6,11-13,19-20,22-23,25-26,35H,1-2,7-10,14-17H2,3-4H3/t19-,20?,22+,23-,25+,26?,30?/m0/s1. The van der Waals surface area contributed by atoms with Crippen LogP contribution in [0, 0.1) is 18.8 Å². The minimum Gasteiger partial charge on any atom is -0.465 e. The predicted molar refractivity (Wildman–Crippen MR) is 164 cm³/mol. The van der Waals surface area contributed by atoms with Gasteiger partial charge < -0.3 is 19.6 Å². The van der Waals surface area contributed by atoms with Gasteiger partial charge in [0, 0.05) is 16.6 Å². The number of amides is 2. The number of rotatable bonds is 13. The van der Waals surface area contributed by atoms with Gasteiger partial charge in [0.05, 0.1) is 46.5 Å². The highest BCUT2D eigenvalue weighted by molar-refractivity contribution is 9.09. The summed E-state index contributed by atoms with van der Waals surface area (Å²) in [5.74, 6) is -2.34. The number of alkyl halides is 1. The fraction of sp³-hybridized carbons (Fsp3) is 0.567. The molecule has 1 spiro atoms. The number of thioether (sulfide) groups is 1. The van der Waals surface area contributed by atoms with Crippen molar-refractivity contribution in [1.29, 1.82) is 0 Å². The normalized spacial score (nSPS) is 29.3. The van der Waals surface area contributed by atoms with Crippen molar-refractivity contribution in [2.45, 2.75) is 72.9 Å². The molecule has 40 heavy (non-hydrogen) atoms. The molecular weight excluding hydrogens is 616 g/mol. The highest BCUT2D eigenvalue weighted by Gasteiger charge is 2.76. The van der Waals surface area contributed by atoms with E-state index in [0.29, 0.717) is 30.0 Å². The van der Waals surface area contributed by atoms with E-state index >= 15 is 0 Å². The van der Waals surface area contributed by atoms with E-state index in [9.17, 15) is 19.5 Å². The number of aryl methyl sites for hydroxylation is 1. The highest BCUT2D eigenvalue weighted by Crippen LogP contribution is 2.68. The summed E-state index contributed by atoms with van der Waals surface area (Å²) in [6, 6.07) is 3.99. The molecule has 218 valence electrons. The fourth-order valence-corrected chi connectivity index (χ4v) is 10.5. The van der Waals surface area contributed by atoms with Crippen molar-refractivity contribution in [2.75, 3.05) is 24.7 Å². The van der Waals surface area contributed by atoms with E-state index in [2.05, 4.69) is 29.1 Å². The summed E-state index contributed by atoms with van der Waals surface area (Å²) in [6.07, 6.45) is 6.91. The number of likely N-dealkylation sites (tertiary alicyclic amines) is 1. The molecule has 3 aliphatic rings. The van der Waals surface area contributed by atoms with Gasteiger partial charge >= 0.3 is 5.97 Å². The molecule has 4 rings (SSSR count). The smallest absolute Gasteiger partial charge is 0.310 e. The van der Waals surface area contributed by atoms with Gasteiger partial charge in [0.2, 0.25) is 5.91 Å². The third-order valence-electron chi connectivity index (χ3n) is 8.39. The van der Waals surface area contributed by atoms with Crippen LogP contribution in [0.2, 0.25) is 5.02 Å². The van der Waals surface area contributed by atoms with Crippen LogP contribution in [0.1, 0.15) is 44.6 Å². The average Bonchev–Trinajstić information content (AvgIpc) is 3.52. The number of hydrogen-bond acceptors (Lipinski definition) is 6. The first-order valence-corrected chi connectivity index (χ1v) is 16.1. The number of unbranched alkanes of at least 4 members (excludes halogenated alkanes) is 2. The molecule has 3 heterocycles. The molecule has 3 unspecified atom stereocenters. The van der Waals surface area contributed by atoms with Gasteiger partial charge in [0.15, 0.2) is 0 Å². The topological polar surface area (TPSA) is 87.2 Å². The summed E-state index contributed by atoms with van der Waals surface area (Å²) in [4.78, 5) is 45.6. The second-order valence-corrected chi connectivity index (χ2v) is 13.9. The largest absolute Gasteiger partial charge is 0.465 e. The van der Waals surface area contributed by atoms with Gasteiger partial charge in [-0.1, -0.05) is 58.7 Å². The number of hydrogen-bond donors (Lipinski definition) is 1. The van der Waals surface area contributed by atoms with Crippen LogP contribution in [0.15, 0.2) is 43.5 Å². The third kappa shape index (κ3) is 5.27. The molecule has 1 N–H and O–H groups in total. The quantitative estimate of drug-likeness (QED) is 0.135. The summed E-state index contributed by atoms with van der Waals surface area (Å²) < 4.78 is 4.85. The van der Waals surface area contributed by atoms with Gasteiger partial charge in [0.1, 0.15) is 6.04 Å². The zero-order valence-electron chi connectivity index (χ0n) is 23.1. The Kier molecular flexibility index (Phi) is 10.1. The zero-order chi connectivity index (χ0) is 29.2. The Labute approximate surface area is 254 Å². The second-order valence-electron chi connectivity index (χ2n) is 10.7. The lowest BCUT2D eigenvalue weighted by Crippen LogP contribution is -2.58. The molecule has 3 aliphatic heterocycles. The van der Waals surface area contributed by atoms with E-state index in [1.165, 1.54) is 0 Å². The predicted octanol–water partition coefficient (Wildman–Crippen LogP) is 5.30. The maximum absolute atomic E-state index is 14.7. The SMILES string of the molecule is C=CCCCCOC(=O)[C@H]1[C@@H]2SC3(CC2Br)C(C(=O)N(CC=C)c2c(C)cccc2Cl)N([C@@H](CC)CO)C(=O)[C@H]13. The molecule has 3 saturated heterocycles. The molecule has 1 aromatic carbocycles. The summed E-state index contributed by atoms with van der Waals surface area (Å²) in [5, 5.41) is 10.6. The zero-order valence-corrected chi connectivity index (χ0v) is 26.2. The molecule has 0 saturated carbocycles.